The van der Waals surface area contributed by atoms with Crippen molar-refractivity contribution >= 4 is 36.4 Å². The molecule has 1 aromatic heterocycles. The van der Waals surface area contributed by atoms with Crippen LogP contribution in [0.15, 0.2) is 66.9 Å². The fourth-order valence-electron chi connectivity index (χ4n) is 3.40. The Morgan fingerprint density at radius 3 is 2.42 bits per heavy atom. The summed E-state index contributed by atoms with van der Waals surface area (Å²) in [7, 11) is 0. The summed E-state index contributed by atoms with van der Waals surface area (Å²) in [6.45, 7) is 1.44. The number of halogens is 5. The van der Waals surface area contributed by atoms with Gasteiger partial charge in [-0.2, -0.15) is 13.2 Å². The largest absolute Gasteiger partial charge is 0.455 e. The minimum atomic E-state index is -4.52. The molecule has 176 valence electrons. The number of anilines is 1. The number of rotatable bonds is 5. The van der Waals surface area contributed by atoms with Gasteiger partial charge in [-0.3, -0.25) is 4.79 Å². The second-order valence-corrected chi connectivity index (χ2v) is 7.23. The first-order valence-corrected chi connectivity index (χ1v) is 9.82. The molecule has 5 nitrogen and oxygen atoms in total. The molecule has 1 unspecified atom stereocenters. The number of benzene rings is 2. The topological polar surface area (TPSA) is 63.2 Å². The molecule has 1 aliphatic rings. The number of aromatic nitrogens is 1. The summed E-state index contributed by atoms with van der Waals surface area (Å²) in [5.74, 6) is 0.376. The Morgan fingerprint density at radius 1 is 1.06 bits per heavy atom. The van der Waals surface area contributed by atoms with Crippen LogP contribution in [0.4, 0.5) is 18.9 Å². The third kappa shape index (κ3) is 6.60. The number of hydrogen-bond acceptors (Lipinski definition) is 4. The van der Waals surface area contributed by atoms with E-state index in [-0.39, 0.29) is 42.4 Å². The summed E-state index contributed by atoms with van der Waals surface area (Å²) >= 11 is 0. The molecule has 0 bridgehead atoms. The smallest absolute Gasteiger partial charge is 0.433 e. The van der Waals surface area contributed by atoms with Crippen LogP contribution in [0.3, 0.4) is 0 Å². The number of alkyl halides is 3. The van der Waals surface area contributed by atoms with Crippen molar-refractivity contribution in [1.82, 2.24) is 10.3 Å². The van der Waals surface area contributed by atoms with Crippen molar-refractivity contribution in [3.8, 4) is 22.6 Å². The van der Waals surface area contributed by atoms with Gasteiger partial charge in [0.2, 0.25) is 5.91 Å². The van der Waals surface area contributed by atoms with Gasteiger partial charge in [-0.25, -0.2) is 4.98 Å². The summed E-state index contributed by atoms with van der Waals surface area (Å²) in [6, 6.07) is 16.8. The number of pyridine rings is 1. The average Bonchev–Trinajstić information content (AvgIpc) is 3.30. The molecule has 0 spiro atoms. The van der Waals surface area contributed by atoms with E-state index >= 15 is 0 Å². The lowest BCUT2D eigenvalue weighted by Gasteiger charge is -2.15. The molecule has 1 aliphatic heterocycles. The van der Waals surface area contributed by atoms with Crippen molar-refractivity contribution in [2.75, 3.05) is 18.4 Å². The predicted octanol–water partition coefficient (Wildman–Crippen LogP) is 5.95. The molecule has 0 radical (unpaired) electrons. The van der Waals surface area contributed by atoms with Crippen LogP contribution in [0.5, 0.6) is 11.5 Å². The maximum atomic E-state index is 12.8. The predicted molar refractivity (Wildman–Crippen MR) is 125 cm³/mol. The molecule has 3 aromatic rings. The lowest BCUT2D eigenvalue weighted by atomic mass is 10.0. The number of ether oxygens (including phenoxy) is 1. The van der Waals surface area contributed by atoms with Crippen molar-refractivity contribution < 1.29 is 22.7 Å². The van der Waals surface area contributed by atoms with Crippen LogP contribution in [-0.2, 0) is 11.0 Å². The molecule has 0 saturated carbocycles. The zero-order chi connectivity index (χ0) is 21.8. The van der Waals surface area contributed by atoms with E-state index < -0.39 is 11.9 Å². The molecule has 1 saturated heterocycles. The molecular formula is C23H22Cl2F3N3O2. The number of nitrogens with one attached hydrogen (secondary N) is 2. The summed E-state index contributed by atoms with van der Waals surface area (Å²) in [4.78, 5) is 15.9. The van der Waals surface area contributed by atoms with Gasteiger partial charge in [0.25, 0.3) is 0 Å². The SMILES string of the molecule is Cl.Cl.O=C(Nc1ccc(-c2ccccc2)c(Oc2ccc(C(F)(F)F)nc2)c1)C1CCNC1. The minimum absolute atomic E-state index is 0. The van der Waals surface area contributed by atoms with Crippen LogP contribution < -0.4 is 15.4 Å². The zero-order valence-corrected chi connectivity index (χ0v) is 18.9. The fraction of sp³-hybridized carbons (Fsp3) is 0.217. The third-order valence-electron chi connectivity index (χ3n) is 5.02. The summed E-state index contributed by atoms with van der Waals surface area (Å²) in [5, 5.41) is 6.05. The van der Waals surface area contributed by atoms with E-state index in [2.05, 4.69) is 15.6 Å². The van der Waals surface area contributed by atoms with Gasteiger partial charge in [0.1, 0.15) is 17.2 Å². The quantitative estimate of drug-likeness (QED) is 0.455. The van der Waals surface area contributed by atoms with Crippen molar-refractivity contribution in [2.45, 2.75) is 12.6 Å². The van der Waals surface area contributed by atoms with Gasteiger partial charge in [0.15, 0.2) is 0 Å². The Morgan fingerprint density at radius 2 is 1.82 bits per heavy atom. The summed E-state index contributed by atoms with van der Waals surface area (Å²) in [6.07, 6.45) is -2.71. The van der Waals surface area contributed by atoms with Crippen LogP contribution in [-0.4, -0.2) is 24.0 Å². The molecule has 0 aliphatic carbocycles. The minimum Gasteiger partial charge on any atom is -0.455 e. The van der Waals surface area contributed by atoms with Gasteiger partial charge >= 0.3 is 6.18 Å². The Balaban J connectivity index is 0.00000193. The normalized spacial score (nSPS) is 15.2. The highest BCUT2D eigenvalue weighted by Crippen LogP contribution is 2.36. The summed E-state index contributed by atoms with van der Waals surface area (Å²) in [5.41, 5.74) is 1.16. The number of carbonyl (C=O) groups excluding carboxylic acids is 1. The van der Waals surface area contributed by atoms with Gasteiger partial charge in [0, 0.05) is 23.9 Å². The van der Waals surface area contributed by atoms with Crippen molar-refractivity contribution in [2.24, 2.45) is 5.92 Å². The second-order valence-electron chi connectivity index (χ2n) is 7.23. The zero-order valence-electron chi connectivity index (χ0n) is 17.3. The monoisotopic (exact) mass is 499 g/mol. The first-order valence-electron chi connectivity index (χ1n) is 9.82. The standard InChI is InChI=1S/C23H20F3N3O2.2ClH/c24-23(25,26)21-9-7-18(14-28-21)31-20-12-17(29-22(30)16-10-11-27-13-16)6-8-19(20)15-4-2-1-3-5-15;;/h1-9,12,14,16,27H,10-11,13H2,(H,29,30);2*1H. The fourth-order valence-corrected chi connectivity index (χ4v) is 3.40. The van der Waals surface area contributed by atoms with E-state index in [1.54, 1.807) is 12.1 Å². The van der Waals surface area contributed by atoms with Gasteiger partial charge < -0.3 is 15.4 Å². The van der Waals surface area contributed by atoms with Crippen LogP contribution in [0.1, 0.15) is 12.1 Å². The van der Waals surface area contributed by atoms with Crippen LogP contribution in [0.25, 0.3) is 11.1 Å². The number of hydrogen-bond donors (Lipinski definition) is 2. The molecule has 1 atom stereocenters. The highest BCUT2D eigenvalue weighted by atomic mass is 35.5. The lowest BCUT2D eigenvalue weighted by molar-refractivity contribution is -0.141. The second kappa shape index (κ2) is 11.4. The first-order chi connectivity index (χ1) is 14.9. The number of amides is 1. The van der Waals surface area contributed by atoms with Crippen LogP contribution in [0.2, 0.25) is 0 Å². The van der Waals surface area contributed by atoms with E-state index in [9.17, 15) is 18.0 Å². The highest BCUT2D eigenvalue weighted by Gasteiger charge is 2.32. The average molecular weight is 500 g/mol. The van der Waals surface area contributed by atoms with E-state index in [0.717, 1.165) is 36.4 Å². The van der Waals surface area contributed by atoms with Gasteiger partial charge in [-0.05, 0) is 42.8 Å². The van der Waals surface area contributed by atoms with Crippen LogP contribution in [0, 0.1) is 5.92 Å². The van der Waals surface area contributed by atoms with Crippen molar-refractivity contribution in [3.63, 3.8) is 0 Å². The van der Waals surface area contributed by atoms with E-state index in [4.69, 9.17) is 4.74 Å². The highest BCUT2D eigenvalue weighted by molar-refractivity contribution is 5.93. The Bertz CT molecular complexity index is 1060. The Hall–Kier alpha value is -2.81. The Kier molecular flexibility index (Phi) is 9.10. The molecule has 4 rings (SSSR count). The van der Waals surface area contributed by atoms with E-state index in [0.29, 0.717) is 18.0 Å². The molecule has 10 heteroatoms. The molecular weight excluding hydrogens is 478 g/mol. The summed E-state index contributed by atoms with van der Waals surface area (Å²) < 4.78 is 44.2. The molecule has 1 amide bonds. The molecule has 2 aromatic carbocycles. The first kappa shape index (κ1) is 26.4. The van der Waals surface area contributed by atoms with Gasteiger partial charge in [-0.15, -0.1) is 24.8 Å². The third-order valence-corrected chi connectivity index (χ3v) is 5.02. The van der Waals surface area contributed by atoms with Crippen LogP contribution >= 0.6 is 24.8 Å². The number of carbonyl (C=O) groups is 1. The van der Waals surface area contributed by atoms with Gasteiger partial charge in [-0.1, -0.05) is 30.3 Å². The van der Waals surface area contributed by atoms with Gasteiger partial charge in [0.05, 0.1) is 12.1 Å². The molecule has 2 heterocycles. The number of nitrogens with zero attached hydrogens (tertiary/aromatic N) is 1. The molecule has 1 fully saturated rings. The molecule has 33 heavy (non-hydrogen) atoms. The van der Waals surface area contributed by atoms with E-state index in [1.165, 1.54) is 6.07 Å². The Labute approximate surface area is 201 Å². The lowest BCUT2D eigenvalue weighted by Crippen LogP contribution is -2.24. The van der Waals surface area contributed by atoms with E-state index in [1.807, 2.05) is 36.4 Å². The van der Waals surface area contributed by atoms with Crippen molar-refractivity contribution in [1.29, 1.82) is 0 Å². The molecule has 2 N–H and O–H groups in total. The maximum Gasteiger partial charge on any atom is 0.433 e. The maximum absolute atomic E-state index is 12.8. The van der Waals surface area contributed by atoms with Crippen molar-refractivity contribution in [3.05, 3.63) is 72.6 Å².